The molecule has 0 saturated carbocycles. The molecule has 0 aromatic heterocycles. The molecule has 1 aromatic rings. The van der Waals surface area contributed by atoms with Crippen LogP contribution in [0.15, 0.2) is 29.3 Å². The van der Waals surface area contributed by atoms with Gasteiger partial charge in [-0.15, -0.1) is 11.6 Å². The molecule has 0 radical (unpaired) electrons. The highest BCUT2D eigenvalue weighted by atomic mass is 35.5. The maximum Gasteiger partial charge on any atom is 0.268 e. The van der Waals surface area contributed by atoms with E-state index in [9.17, 15) is 4.79 Å². The Bertz CT molecular complexity index is 438. The lowest BCUT2D eigenvalue weighted by atomic mass is 10.2. The molecule has 1 unspecified atom stereocenters. The molecule has 3 heteroatoms. The van der Waals surface area contributed by atoms with Gasteiger partial charge in [-0.3, -0.25) is 4.79 Å². The van der Waals surface area contributed by atoms with E-state index < -0.39 is 5.38 Å². The van der Waals surface area contributed by atoms with Crippen molar-refractivity contribution in [1.29, 1.82) is 0 Å². The third kappa shape index (κ3) is 1.14. The number of alkyl halides is 1. The summed E-state index contributed by atoms with van der Waals surface area (Å²) in [5.74, 6) is -0.282. The Balaban J connectivity index is 2.79. The minimum absolute atomic E-state index is 0.282. The Morgan fingerprint density at radius 2 is 2.08 bits per heavy atom. The van der Waals surface area contributed by atoms with E-state index in [1.165, 1.54) is 0 Å². The van der Waals surface area contributed by atoms with E-state index in [1.54, 1.807) is 12.1 Å². The van der Waals surface area contributed by atoms with Crippen molar-refractivity contribution in [3.8, 4) is 0 Å². The highest BCUT2D eigenvalue weighted by Gasteiger charge is 2.13. The van der Waals surface area contributed by atoms with Crippen molar-refractivity contribution in [2.24, 2.45) is 4.99 Å². The smallest absolute Gasteiger partial charge is 0.268 e. The van der Waals surface area contributed by atoms with E-state index in [0.29, 0.717) is 5.36 Å². The molecule has 1 heterocycles. The SMILES string of the molecule is O=C1N=c2ccccc2=CC1Cl. The molecule has 0 bridgehead atoms. The van der Waals surface area contributed by atoms with Crippen LogP contribution in [0.2, 0.25) is 0 Å². The van der Waals surface area contributed by atoms with Crippen LogP contribution in [0.5, 0.6) is 0 Å². The van der Waals surface area contributed by atoms with Gasteiger partial charge in [-0.25, -0.2) is 4.99 Å². The van der Waals surface area contributed by atoms with Crippen molar-refractivity contribution in [1.82, 2.24) is 0 Å². The molecular weight excluding hydrogens is 174 g/mol. The van der Waals surface area contributed by atoms with Gasteiger partial charge < -0.3 is 0 Å². The van der Waals surface area contributed by atoms with E-state index in [0.717, 1.165) is 5.22 Å². The molecule has 0 fully saturated rings. The van der Waals surface area contributed by atoms with Gasteiger partial charge in [0.2, 0.25) is 0 Å². The van der Waals surface area contributed by atoms with Crippen LogP contribution in [0.25, 0.3) is 6.08 Å². The zero-order valence-electron chi connectivity index (χ0n) is 6.20. The Hall–Kier alpha value is -1.15. The van der Waals surface area contributed by atoms with Crippen LogP contribution >= 0.6 is 11.6 Å². The number of rotatable bonds is 0. The molecule has 1 atom stereocenters. The first-order valence-corrected chi connectivity index (χ1v) is 4.04. The summed E-state index contributed by atoms with van der Waals surface area (Å²) in [6.07, 6.45) is 1.71. The molecule has 1 aliphatic heterocycles. The first kappa shape index (κ1) is 7.50. The fraction of sp³-hybridized carbons (Fsp3) is 0.111. The molecule has 2 nitrogen and oxygen atoms in total. The summed E-state index contributed by atoms with van der Waals surface area (Å²) in [6.45, 7) is 0. The van der Waals surface area contributed by atoms with Gasteiger partial charge in [0.25, 0.3) is 5.91 Å². The predicted octanol–water partition coefficient (Wildman–Crippen LogP) is 0.234. The lowest BCUT2D eigenvalue weighted by molar-refractivity contribution is -0.116. The van der Waals surface area contributed by atoms with Crippen LogP contribution < -0.4 is 10.6 Å². The van der Waals surface area contributed by atoms with Crippen LogP contribution in [0.4, 0.5) is 0 Å². The number of nitrogens with zero attached hydrogens (tertiary/aromatic N) is 1. The fourth-order valence-electron chi connectivity index (χ4n) is 1.14. The van der Waals surface area contributed by atoms with Gasteiger partial charge in [0, 0.05) is 0 Å². The second-order valence-corrected chi connectivity index (χ2v) is 3.05. The topological polar surface area (TPSA) is 29.4 Å². The third-order valence-electron chi connectivity index (χ3n) is 1.73. The Morgan fingerprint density at radius 1 is 1.33 bits per heavy atom. The number of benzene rings is 1. The molecule has 1 aromatic carbocycles. The van der Waals surface area contributed by atoms with Crippen LogP contribution in [0.3, 0.4) is 0 Å². The van der Waals surface area contributed by atoms with Gasteiger partial charge in [-0.2, -0.15) is 0 Å². The van der Waals surface area contributed by atoms with Gasteiger partial charge in [-0.05, 0) is 17.4 Å². The summed E-state index contributed by atoms with van der Waals surface area (Å²) in [4.78, 5) is 14.9. The second-order valence-electron chi connectivity index (χ2n) is 2.58. The normalized spacial score (nSPS) is 20.8. The van der Waals surface area contributed by atoms with Gasteiger partial charge >= 0.3 is 0 Å². The quantitative estimate of drug-likeness (QED) is 0.525. The maximum absolute atomic E-state index is 11.0. The average Bonchev–Trinajstić information content (AvgIpc) is 2.07. The summed E-state index contributed by atoms with van der Waals surface area (Å²) >= 11 is 5.70. The van der Waals surface area contributed by atoms with Crippen molar-refractivity contribution in [2.75, 3.05) is 0 Å². The van der Waals surface area contributed by atoms with Crippen LogP contribution in [-0.2, 0) is 4.79 Å². The summed E-state index contributed by atoms with van der Waals surface area (Å²) in [5.41, 5.74) is 0. The van der Waals surface area contributed by atoms with Crippen molar-refractivity contribution in [3.63, 3.8) is 0 Å². The van der Waals surface area contributed by atoms with E-state index in [4.69, 9.17) is 11.6 Å². The highest BCUT2D eigenvalue weighted by molar-refractivity contribution is 6.34. The lowest BCUT2D eigenvalue weighted by Gasteiger charge is -2.02. The van der Waals surface area contributed by atoms with E-state index >= 15 is 0 Å². The number of carbonyl (C=O) groups excluding carboxylic acids is 1. The second kappa shape index (κ2) is 2.72. The summed E-state index contributed by atoms with van der Waals surface area (Å²) < 4.78 is 0. The van der Waals surface area contributed by atoms with Crippen LogP contribution in [0, 0.1) is 0 Å². The first-order chi connectivity index (χ1) is 5.77. The molecule has 12 heavy (non-hydrogen) atoms. The van der Waals surface area contributed by atoms with Crippen LogP contribution in [-0.4, -0.2) is 11.3 Å². The van der Waals surface area contributed by atoms with E-state index in [1.807, 2.05) is 18.2 Å². The number of amides is 1. The van der Waals surface area contributed by atoms with Gasteiger partial charge in [0.15, 0.2) is 0 Å². The minimum Gasteiger partial charge on any atom is -0.270 e. The lowest BCUT2D eigenvalue weighted by Crippen LogP contribution is -2.33. The Labute approximate surface area is 74.2 Å². The van der Waals surface area contributed by atoms with Gasteiger partial charge in [0.05, 0.1) is 5.36 Å². The standard InChI is InChI=1S/C9H6ClNO/c10-7-5-6-3-1-2-4-8(6)11-9(7)12/h1-5,7H. The molecule has 1 amide bonds. The third-order valence-corrected chi connectivity index (χ3v) is 2.04. The summed E-state index contributed by atoms with van der Waals surface area (Å²) in [7, 11) is 0. The Morgan fingerprint density at radius 3 is 2.92 bits per heavy atom. The molecule has 0 spiro atoms. The first-order valence-electron chi connectivity index (χ1n) is 3.61. The molecule has 0 N–H and O–H groups in total. The minimum atomic E-state index is -0.597. The summed E-state index contributed by atoms with van der Waals surface area (Å²) in [5, 5.41) is 1.04. The number of hydrogen-bond acceptors (Lipinski definition) is 1. The number of carbonyl (C=O) groups is 1. The van der Waals surface area contributed by atoms with E-state index in [2.05, 4.69) is 4.99 Å². The number of halogens is 1. The van der Waals surface area contributed by atoms with E-state index in [-0.39, 0.29) is 5.91 Å². The van der Waals surface area contributed by atoms with Crippen molar-refractivity contribution in [2.45, 2.75) is 5.38 Å². The molecule has 0 saturated heterocycles. The van der Waals surface area contributed by atoms with Gasteiger partial charge in [0.1, 0.15) is 5.38 Å². The molecule has 60 valence electrons. The summed E-state index contributed by atoms with van der Waals surface area (Å²) in [6, 6.07) is 7.43. The monoisotopic (exact) mass is 179 g/mol. The molecule has 1 aliphatic rings. The number of para-hydroxylation sites is 1. The molecule has 0 aliphatic carbocycles. The number of hydrogen-bond donors (Lipinski definition) is 0. The zero-order chi connectivity index (χ0) is 8.55. The highest BCUT2D eigenvalue weighted by Crippen LogP contribution is 2.01. The fourth-order valence-corrected chi connectivity index (χ4v) is 1.32. The van der Waals surface area contributed by atoms with Gasteiger partial charge in [-0.1, -0.05) is 18.2 Å². The zero-order valence-corrected chi connectivity index (χ0v) is 6.95. The largest absolute Gasteiger partial charge is 0.270 e. The Kier molecular flexibility index (Phi) is 1.70. The predicted molar refractivity (Wildman–Crippen MR) is 46.3 cm³/mol. The van der Waals surface area contributed by atoms with Crippen molar-refractivity contribution >= 4 is 23.6 Å². The van der Waals surface area contributed by atoms with Crippen LogP contribution in [0.1, 0.15) is 0 Å². The van der Waals surface area contributed by atoms with Crippen molar-refractivity contribution < 1.29 is 4.79 Å². The maximum atomic E-state index is 11.0. The molecule has 2 rings (SSSR count). The average molecular weight is 180 g/mol. The molecular formula is C9H6ClNO. The number of fused-ring (bicyclic) bond motifs is 1. The van der Waals surface area contributed by atoms with Crippen molar-refractivity contribution in [3.05, 3.63) is 34.8 Å².